The predicted molar refractivity (Wildman–Crippen MR) is 84.1 cm³/mol. The molecule has 2 aromatic rings. The summed E-state index contributed by atoms with van der Waals surface area (Å²) >= 11 is 0. The van der Waals surface area contributed by atoms with Gasteiger partial charge in [0.15, 0.2) is 0 Å². The van der Waals surface area contributed by atoms with E-state index in [9.17, 15) is 0 Å². The van der Waals surface area contributed by atoms with Crippen LogP contribution in [0.2, 0.25) is 0 Å². The van der Waals surface area contributed by atoms with Crippen molar-refractivity contribution in [3.05, 3.63) is 65.7 Å². The molecule has 21 heavy (non-hydrogen) atoms. The van der Waals surface area contributed by atoms with Crippen LogP contribution in [0.1, 0.15) is 17.2 Å². The summed E-state index contributed by atoms with van der Waals surface area (Å²) < 4.78 is 5.75. The van der Waals surface area contributed by atoms with Crippen molar-refractivity contribution in [2.75, 3.05) is 19.7 Å². The van der Waals surface area contributed by atoms with Gasteiger partial charge >= 0.3 is 0 Å². The second-order valence-corrected chi connectivity index (χ2v) is 4.81. The second kappa shape index (κ2) is 8.42. The quantitative estimate of drug-likeness (QED) is 0.693. The van der Waals surface area contributed by atoms with E-state index in [1.165, 1.54) is 0 Å². The van der Waals surface area contributed by atoms with Gasteiger partial charge in [-0.05, 0) is 23.3 Å². The maximum Gasteiger partial charge on any atom is 0.119 e. The van der Waals surface area contributed by atoms with Gasteiger partial charge in [-0.3, -0.25) is 0 Å². The maximum atomic E-state index is 8.86. The van der Waals surface area contributed by atoms with E-state index in [1.54, 1.807) is 0 Å². The Kier molecular flexibility index (Phi) is 6.22. The minimum Gasteiger partial charge on any atom is -0.489 e. The zero-order valence-corrected chi connectivity index (χ0v) is 12.0. The maximum absolute atomic E-state index is 8.86. The number of ether oxygens (including phenoxy) is 1. The van der Waals surface area contributed by atoms with Crippen LogP contribution in [-0.2, 0) is 6.61 Å². The third-order valence-electron chi connectivity index (χ3n) is 3.27. The highest BCUT2D eigenvalue weighted by Gasteiger charge is 2.08. The molecule has 0 radical (unpaired) electrons. The highest BCUT2D eigenvalue weighted by molar-refractivity contribution is 5.29. The number of rotatable bonds is 8. The molecule has 1 unspecified atom stereocenters. The summed E-state index contributed by atoms with van der Waals surface area (Å²) in [4.78, 5) is 0. The molecule has 0 aliphatic carbocycles. The molecule has 4 N–H and O–H groups in total. The standard InChI is InChI=1S/C17H22N2O2/c18-12-17(19-10-11-20)15-6-8-16(9-7-15)21-13-14-4-2-1-3-5-14/h1-9,17,19-20H,10-13,18H2. The van der Waals surface area contributed by atoms with E-state index in [-0.39, 0.29) is 12.6 Å². The number of hydrogen-bond donors (Lipinski definition) is 3. The lowest BCUT2D eigenvalue weighted by Gasteiger charge is -2.17. The Labute approximate surface area is 125 Å². The molecule has 0 aliphatic rings. The molecular weight excluding hydrogens is 264 g/mol. The van der Waals surface area contributed by atoms with Crippen molar-refractivity contribution in [2.45, 2.75) is 12.6 Å². The third-order valence-corrected chi connectivity index (χ3v) is 3.27. The van der Waals surface area contributed by atoms with E-state index in [0.29, 0.717) is 19.7 Å². The summed E-state index contributed by atoms with van der Waals surface area (Å²) in [6, 6.07) is 18.0. The zero-order chi connectivity index (χ0) is 14.9. The molecule has 112 valence electrons. The summed E-state index contributed by atoms with van der Waals surface area (Å²) in [5.41, 5.74) is 7.98. The monoisotopic (exact) mass is 286 g/mol. The zero-order valence-electron chi connectivity index (χ0n) is 12.0. The molecule has 0 saturated heterocycles. The van der Waals surface area contributed by atoms with Gasteiger partial charge in [-0.15, -0.1) is 0 Å². The predicted octanol–water partition coefficient (Wildman–Crippen LogP) is 1.85. The molecule has 4 nitrogen and oxygen atoms in total. The summed E-state index contributed by atoms with van der Waals surface area (Å²) in [7, 11) is 0. The SMILES string of the molecule is NCC(NCCO)c1ccc(OCc2ccccc2)cc1. The summed E-state index contributed by atoms with van der Waals surface area (Å²) in [6.07, 6.45) is 0. The first-order chi connectivity index (χ1) is 10.3. The highest BCUT2D eigenvalue weighted by atomic mass is 16.5. The Morgan fingerprint density at radius 1 is 1.05 bits per heavy atom. The van der Waals surface area contributed by atoms with E-state index in [4.69, 9.17) is 15.6 Å². The fraction of sp³-hybridized carbons (Fsp3) is 0.294. The van der Waals surface area contributed by atoms with Crippen LogP contribution in [0.25, 0.3) is 0 Å². The molecule has 4 heteroatoms. The topological polar surface area (TPSA) is 67.5 Å². The number of nitrogens with one attached hydrogen (secondary N) is 1. The lowest BCUT2D eigenvalue weighted by atomic mass is 10.1. The van der Waals surface area contributed by atoms with Crippen LogP contribution in [0.15, 0.2) is 54.6 Å². The van der Waals surface area contributed by atoms with Gasteiger partial charge in [-0.1, -0.05) is 42.5 Å². The van der Waals surface area contributed by atoms with E-state index in [0.717, 1.165) is 16.9 Å². The van der Waals surface area contributed by atoms with E-state index >= 15 is 0 Å². The van der Waals surface area contributed by atoms with Gasteiger partial charge in [-0.25, -0.2) is 0 Å². The lowest BCUT2D eigenvalue weighted by Crippen LogP contribution is -2.30. The first-order valence-electron chi connectivity index (χ1n) is 7.14. The van der Waals surface area contributed by atoms with E-state index < -0.39 is 0 Å². The molecule has 0 bridgehead atoms. The molecule has 2 aromatic carbocycles. The molecule has 0 saturated carbocycles. The van der Waals surface area contributed by atoms with Crippen molar-refractivity contribution in [1.82, 2.24) is 5.32 Å². The molecule has 0 aliphatic heterocycles. The molecule has 1 atom stereocenters. The largest absolute Gasteiger partial charge is 0.489 e. The number of benzene rings is 2. The minimum atomic E-state index is 0.0559. The molecular formula is C17H22N2O2. The fourth-order valence-corrected chi connectivity index (χ4v) is 2.11. The van der Waals surface area contributed by atoms with Crippen molar-refractivity contribution in [3.8, 4) is 5.75 Å². The van der Waals surface area contributed by atoms with Gasteiger partial charge in [0.05, 0.1) is 6.61 Å². The summed E-state index contributed by atoms with van der Waals surface area (Å²) in [5.74, 6) is 0.834. The van der Waals surface area contributed by atoms with E-state index in [1.807, 2.05) is 54.6 Å². The smallest absolute Gasteiger partial charge is 0.119 e. The Hall–Kier alpha value is -1.88. The van der Waals surface area contributed by atoms with Gasteiger partial charge in [-0.2, -0.15) is 0 Å². The van der Waals surface area contributed by atoms with Gasteiger partial charge in [0.25, 0.3) is 0 Å². The van der Waals surface area contributed by atoms with Crippen molar-refractivity contribution < 1.29 is 9.84 Å². The first kappa shape index (κ1) is 15.5. The summed E-state index contributed by atoms with van der Waals surface area (Å²) in [5, 5.41) is 12.1. The normalized spacial score (nSPS) is 12.1. The van der Waals surface area contributed by atoms with Crippen LogP contribution in [-0.4, -0.2) is 24.8 Å². The van der Waals surface area contributed by atoms with Crippen molar-refractivity contribution in [2.24, 2.45) is 5.73 Å². The highest BCUT2D eigenvalue weighted by Crippen LogP contribution is 2.18. The number of nitrogens with two attached hydrogens (primary N) is 1. The van der Waals surface area contributed by atoms with Crippen LogP contribution >= 0.6 is 0 Å². The fourth-order valence-electron chi connectivity index (χ4n) is 2.11. The average molecular weight is 286 g/mol. The van der Waals surface area contributed by atoms with Crippen LogP contribution in [0.4, 0.5) is 0 Å². The lowest BCUT2D eigenvalue weighted by molar-refractivity contribution is 0.285. The van der Waals surface area contributed by atoms with Gasteiger partial charge in [0.1, 0.15) is 12.4 Å². The minimum absolute atomic E-state index is 0.0559. The van der Waals surface area contributed by atoms with Crippen LogP contribution in [0, 0.1) is 0 Å². The molecule has 0 fully saturated rings. The molecule has 2 rings (SSSR count). The van der Waals surface area contributed by atoms with Crippen LogP contribution < -0.4 is 15.8 Å². The van der Waals surface area contributed by atoms with Crippen LogP contribution in [0.5, 0.6) is 5.75 Å². The molecule has 0 heterocycles. The Balaban J connectivity index is 1.92. The van der Waals surface area contributed by atoms with Crippen LogP contribution in [0.3, 0.4) is 0 Å². The first-order valence-corrected chi connectivity index (χ1v) is 7.14. The molecule has 0 spiro atoms. The van der Waals surface area contributed by atoms with Gasteiger partial charge in [0.2, 0.25) is 0 Å². The van der Waals surface area contributed by atoms with Crippen molar-refractivity contribution >= 4 is 0 Å². The molecule has 0 aromatic heterocycles. The molecule has 0 amide bonds. The van der Waals surface area contributed by atoms with E-state index in [2.05, 4.69) is 5.32 Å². The Morgan fingerprint density at radius 2 is 1.76 bits per heavy atom. The second-order valence-electron chi connectivity index (χ2n) is 4.81. The van der Waals surface area contributed by atoms with Gasteiger partial charge < -0.3 is 20.9 Å². The number of hydrogen-bond acceptors (Lipinski definition) is 4. The number of aliphatic hydroxyl groups is 1. The Bertz CT molecular complexity index is 514. The van der Waals surface area contributed by atoms with Gasteiger partial charge in [0, 0.05) is 19.1 Å². The number of aliphatic hydroxyl groups excluding tert-OH is 1. The third kappa shape index (κ3) is 4.86. The van der Waals surface area contributed by atoms with Crippen molar-refractivity contribution in [3.63, 3.8) is 0 Å². The summed E-state index contributed by atoms with van der Waals surface area (Å²) in [6.45, 7) is 1.69. The Morgan fingerprint density at radius 3 is 2.38 bits per heavy atom. The average Bonchev–Trinajstić information content (AvgIpc) is 2.56. The van der Waals surface area contributed by atoms with Crippen molar-refractivity contribution in [1.29, 1.82) is 0 Å².